The highest BCUT2D eigenvalue weighted by Gasteiger charge is 2.33. The standard InChI is InChI=1S/C17H30N2S/c1-5-17(6-2)14-19(11-8-10-18-17)13-16(3,4)15-9-7-12-20-15/h7,9,12,18H,5-6,8,10-11,13-14H2,1-4H3. The van der Waals surface area contributed by atoms with Crippen LogP contribution < -0.4 is 5.32 Å². The van der Waals surface area contributed by atoms with E-state index in [0.29, 0.717) is 5.54 Å². The molecule has 0 amide bonds. The Bertz CT molecular complexity index is 393. The van der Waals surface area contributed by atoms with Crippen molar-refractivity contribution in [2.24, 2.45) is 0 Å². The minimum Gasteiger partial charge on any atom is -0.310 e. The summed E-state index contributed by atoms with van der Waals surface area (Å²) < 4.78 is 0. The maximum absolute atomic E-state index is 3.81. The van der Waals surface area contributed by atoms with Crippen molar-refractivity contribution in [1.29, 1.82) is 0 Å². The van der Waals surface area contributed by atoms with Gasteiger partial charge >= 0.3 is 0 Å². The Balaban J connectivity index is 2.07. The van der Waals surface area contributed by atoms with E-state index in [1.165, 1.54) is 37.2 Å². The van der Waals surface area contributed by atoms with E-state index in [4.69, 9.17) is 0 Å². The van der Waals surface area contributed by atoms with E-state index in [1.54, 1.807) is 0 Å². The lowest BCUT2D eigenvalue weighted by Gasteiger charge is -2.38. The molecule has 1 aromatic rings. The van der Waals surface area contributed by atoms with E-state index in [-0.39, 0.29) is 5.41 Å². The van der Waals surface area contributed by atoms with Gasteiger partial charge in [0.15, 0.2) is 0 Å². The zero-order chi connectivity index (χ0) is 14.6. The van der Waals surface area contributed by atoms with Crippen LogP contribution >= 0.6 is 11.3 Å². The number of nitrogens with zero attached hydrogens (tertiary/aromatic N) is 1. The molecular weight excluding hydrogens is 264 g/mol. The molecule has 2 rings (SSSR count). The van der Waals surface area contributed by atoms with E-state index in [0.717, 1.165) is 13.1 Å². The van der Waals surface area contributed by atoms with Crippen molar-refractivity contribution in [3.05, 3.63) is 22.4 Å². The van der Waals surface area contributed by atoms with Gasteiger partial charge in [0.05, 0.1) is 0 Å². The number of thiophene rings is 1. The van der Waals surface area contributed by atoms with Crippen LogP contribution in [0.25, 0.3) is 0 Å². The molecule has 0 atom stereocenters. The van der Waals surface area contributed by atoms with Gasteiger partial charge in [-0.25, -0.2) is 0 Å². The topological polar surface area (TPSA) is 15.3 Å². The van der Waals surface area contributed by atoms with Crippen molar-refractivity contribution in [2.75, 3.05) is 26.2 Å². The molecule has 0 bridgehead atoms. The first-order chi connectivity index (χ1) is 9.51. The molecule has 1 aliphatic rings. The summed E-state index contributed by atoms with van der Waals surface area (Å²) in [6, 6.07) is 4.46. The first kappa shape index (κ1) is 16.0. The number of hydrogen-bond donors (Lipinski definition) is 1. The predicted octanol–water partition coefficient (Wildman–Crippen LogP) is 3.88. The molecule has 0 aliphatic carbocycles. The first-order valence-corrected chi connectivity index (χ1v) is 8.91. The van der Waals surface area contributed by atoms with Gasteiger partial charge in [0.1, 0.15) is 0 Å². The van der Waals surface area contributed by atoms with Crippen molar-refractivity contribution >= 4 is 11.3 Å². The third-order valence-corrected chi connectivity index (χ3v) is 6.07. The SMILES string of the molecule is CCC1(CC)CN(CC(C)(C)c2cccs2)CCCN1. The van der Waals surface area contributed by atoms with Gasteiger partial charge in [-0.1, -0.05) is 33.8 Å². The van der Waals surface area contributed by atoms with Crippen LogP contribution in [0.1, 0.15) is 51.8 Å². The third-order valence-electron chi connectivity index (χ3n) is 4.84. The molecule has 1 saturated heterocycles. The second kappa shape index (κ2) is 6.59. The third kappa shape index (κ3) is 3.63. The van der Waals surface area contributed by atoms with Crippen molar-refractivity contribution in [3.63, 3.8) is 0 Å². The Kier molecular flexibility index (Phi) is 5.27. The Hall–Kier alpha value is -0.380. The summed E-state index contributed by atoms with van der Waals surface area (Å²) in [6.45, 7) is 14.2. The summed E-state index contributed by atoms with van der Waals surface area (Å²) in [4.78, 5) is 4.19. The van der Waals surface area contributed by atoms with Crippen LogP contribution in [0.4, 0.5) is 0 Å². The van der Waals surface area contributed by atoms with E-state index >= 15 is 0 Å². The Morgan fingerprint density at radius 3 is 2.70 bits per heavy atom. The molecule has 20 heavy (non-hydrogen) atoms. The van der Waals surface area contributed by atoms with E-state index in [9.17, 15) is 0 Å². The molecule has 114 valence electrons. The van der Waals surface area contributed by atoms with Gasteiger partial charge in [0, 0.05) is 28.9 Å². The number of nitrogens with one attached hydrogen (secondary N) is 1. The number of rotatable bonds is 5. The fourth-order valence-electron chi connectivity index (χ4n) is 3.38. The van der Waals surface area contributed by atoms with Gasteiger partial charge < -0.3 is 10.2 Å². The van der Waals surface area contributed by atoms with Crippen molar-refractivity contribution < 1.29 is 0 Å². The van der Waals surface area contributed by atoms with Crippen LogP contribution in [-0.2, 0) is 5.41 Å². The lowest BCUT2D eigenvalue weighted by molar-refractivity contribution is 0.171. The van der Waals surface area contributed by atoms with Gasteiger partial charge in [-0.2, -0.15) is 0 Å². The average molecular weight is 295 g/mol. The van der Waals surface area contributed by atoms with Crippen molar-refractivity contribution in [1.82, 2.24) is 10.2 Å². The number of hydrogen-bond acceptors (Lipinski definition) is 3. The van der Waals surface area contributed by atoms with E-state index < -0.39 is 0 Å². The van der Waals surface area contributed by atoms with Crippen LogP contribution in [0.15, 0.2) is 17.5 Å². The Morgan fingerprint density at radius 1 is 1.35 bits per heavy atom. The first-order valence-electron chi connectivity index (χ1n) is 8.03. The highest BCUT2D eigenvalue weighted by molar-refractivity contribution is 7.10. The molecule has 0 unspecified atom stereocenters. The molecule has 0 aromatic carbocycles. The van der Waals surface area contributed by atoms with E-state index in [2.05, 4.69) is 55.4 Å². The minimum absolute atomic E-state index is 0.256. The zero-order valence-electron chi connectivity index (χ0n) is 13.5. The van der Waals surface area contributed by atoms with Crippen LogP contribution in [0.2, 0.25) is 0 Å². The van der Waals surface area contributed by atoms with Crippen LogP contribution in [-0.4, -0.2) is 36.6 Å². The smallest absolute Gasteiger partial charge is 0.0303 e. The molecule has 2 heterocycles. The fraction of sp³-hybridized carbons (Fsp3) is 0.765. The second-order valence-corrected chi connectivity index (χ2v) is 7.79. The largest absolute Gasteiger partial charge is 0.310 e. The lowest BCUT2D eigenvalue weighted by Crippen LogP contribution is -2.52. The normalized spacial score (nSPS) is 20.8. The summed E-state index contributed by atoms with van der Waals surface area (Å²) in [5.74, 6) is 0. The molecule has 1 fully saturated rings. The molecule has 1 aliphatic heterocycles. The van der Waals surface area contributed by atoms with Gasteiger partial charge in [0.2, 0.25) is 0 Å². The maximum Gasteiger partial charge on any atom is 0.0303 e. The molecular formula is C17H30N2S. The molecule has 0 spiro atoms. The van der Waals surface area contributed by atoms with Crippen LogP contribution in [0, 0.1) is 0 Å². The Labute approximate surface area is 128 Å². The summed E-state index contributed by atoms with van der Waals surface area (Å²) in [6.07, 6.45) is 3.71. The zero-order valence-corrected chi connectivity index (χ0v) is 14.4. The van der Waals surface area contributed by atoms with Crippen molar-refractivity contribution in [3.8, 4) is 0 Å². The summed E-state index contributed by atoms with van der Waals surface area (Å²) in [5.41, 5.74) is 0.577. The Morgan fingerprint density at radius 2 is 2.10 bits per heavy atom. The summed E-state index contributed by atoms with van der Waals surface area (Å²) in [5, 5.41) is 6.00. The van der Waals surface area contributed by atoms with Crippen LogP contribution in [0.5, 0.6) is 0 Å². The van der Waals surface area contributed by atoms with Gasteiger partial charge in [0.25, 0.3) is 0 Å². The predicted molar refractivity (Wildman–Crippen MR) is 89.7 cm³/mol. The van der Waals surface area contributed by atoms with Crippen LogP contribution in [0.3, 0.4) is 0 Å². The second-order valence-electron chi connectivity index (χ2n) is 6.84. The van der Waals surface area contributed by atoms with E-state index in [1.807, 2.05) is 11.3 Å². The highest BCUT2D eigenvalue weighted by Crippen LogP contribution is 2.30. The lowest BCUT2D eigenvalue weighted by atomic mass is 9.88. The van der Waals surface area contributed by atoms with Crippen molar-refractivity contribution in [2.45, 2.75) is 57.9 Å². The molecule has 1 aromatic heterocycles. The molecule has 2 nitrogen and oxygen atoms in total. The van der Waals surface area contributed by atoms with Gasteiger partial charge in [-0.3, -0.25) is 0 Å². The maximum atomic E-state index is 3.81. The molecule has 1 N–H and O–H groups in total. The summed E-state index contributed by atoms with van der Waals surface area (Å²) >= 11 is 1.89. The quantitative estimate of drug-likeness (QED) is 0.886. The molecule has 0 saturated carbocycles. The van der Waals surface area contributed by atoms with Gasteiger partial charge in [-0.15, -0.1) is 11.3 Å². The summed E-state index contributed by atoms with van der Waals surface area (Å²) in [7, 11) is 0. The minimum atomic E-state index is 0.256. The van der Waals surface area contributed by atoms with Gasteiger partial charge in [-0.05, 0) is 43.8 Å². The monoisotopic (exact) mass is 294 g/mol. The fourth-order valence-corrected chi connectivity index (χ4v) is 4.22. The average Bonchev–Trinajstić information content (AvgIpc) is 2.89. The highest BCUT2D eigenvalue weighted by atomic mass is 32.1. The molecule has 3 heteroatoms. The molecule has 0 radical (unpaired) electrons.